The van der Waals surface area contributed by atoms with Crippen LogP contribution in [-0.2, 0) is 30.5 Å². The van der Waals surface area contributed by atoms with Gasteiger partial charge in [-0.2, -0.15) is 0 Å². The highest BCUT2D eigenvalue weighted by Gasteiger charge is 2.67. The Morgan fingerprint density at radius 2 is 1.67 bits per heavy atom. The van der Waals surface area contributed by atoms with Crippen LogP contribution >= 0.6 is 0 Å². The van der Waals surface area contributed by atoms with Crippen molar-refractivity contribution in [3.05, 3.63) is 59.2 Å². The molecule has 14 nitrogen and oxygen atoms in total. The molecule has 9 N–H and O–H groups in total. The van der Waals surface area contributed by atoms with Crippen molar-refractivity contribution in [3.8, 4) is 23.0 Å². The fourth-order valence-electron chi connectivity index (χ4n) is 6.25. The van der Waals surface area contributed by atoms with Gasteiger partial charge < -0.3 is 55.6 Å². The second-order valence-electron chi connectivity index (χ2n) is 11.4. The molecular weight excluding hydrogens is 606 g/mol. The minimum atomic E-state index is -2.20. The molecule has 1 aliphatic carbocycles. The van der Waals surface area contributed by atoms with E-state index in [1.807, 2.05) is 0 Å². The van der Waals surface area contributed by atoms with Crippen LogP contribution < -0.4 is 5.32 Å². The third-order valence-corrected chi connectivity index (χ3v) is 8.51. The van der Waals surface area contributed by atoms with Crippen LogP contribution in [0.15, 0.2) is 42.5 Å². The molecule has 0 unspecified atom stereocenters. The Balaban J connectivity index is 1.59. The van der Waals surface area contributed by atoms with Gasteiger partial charge in [0.2, 0.25) is 0 Å². The summed E-state index contributed by atoms with van der Waals surface area (Å²) in [5, 5.41) is 83.7. The molecule has 2 fully saturated rings. The van der Waals surface area contributed by atoms with Gasteiger partial charge in [0, 0.05) is 18.9 Å². The first-order valence-electron chi connectivity index (χ1n) is 14.4. The summed E-state index contributed by atoms with van der Waals surface area (Å²) in [4.78, 5) is 38.9. The van der Waals surface area contributed by atoms with E-state index >= 15 is 0 Å². The molecule has 2 aromatic carbocycles. The van der Waals surface area contributed by atoms with E-state index in [4.69, 9.17) is 9.47 Å². The highest BCUT2D eigenvalue weighted by Crippen LogP contribution is 2.51. The zero-order valence-corrected chi connectivity index (χ0v) is 24.9. The van der Waals surface area contributed by atoms with E-state index in [-0.39, 0.29) is 36.3 Å². The molecule has 1 heterocycles. The predicted octanol–water partition coefficient (Wildman–Crippen LogP) is 0.585. The molecule has 2 aliphatic rings. The zero-order chi connectivity index (χ0) is 33.8. The molecule has 14 heteroatoms. The molecule has 6 atom stereocenters. The molecule has 1 saturated heterocycles. The lowest BCUT2D eigenvalue weighted by Crippen LogP contribution is -2.75. The molecule has 0 amide bonds. The Morgan fingerprint density at radius 3 is 2.33 bits per heavy atom. The van der Waals surface area contributed by atoms with E-state index in [1.54, 1.807) is 0 Å². The van der Waals surface area contributed by atoms with Crippen molar-refractivity contribution < 1.29 is 64.7 Å². The van der Waals surface area contributed by atoms with Crippen LogP contribution in [0.1, 0.15) is 36.0 Å². The largest absolute Gasteiger partial charge is 0.504 e. The number of nitrogens with one attached hydrogen (secondary N) is 1. The van der Waals surface area contributed by atoms with Crippen LogP contribution in [0.2, 0.25) is 0 Å². The molecule has 1 saturated carbocycles. The van der Waals surface area contributed by atoms with Crippen LogP contribution in [0.5, 0.6) is 23.0 Å². The van der Waals surface area contributed by atoms with Crippen LogP contribution in [0.4, 0.5) is 0 Å². The quantitative estimate of drug-likeness (QED) is 0.114. The van der Waals surface area contributed by atoms with Gasteiger partial charge in [-0.3, -0.25) is 9.59 Å². The van der Waals surface area contributed by atoms with Crippen molar-refractivity contribution in [3.63, 3.8) is 0 Å². The van der Waals surface area contributed by atoms with Crippen LogP contribution in [0.25, 0.3) is 12.2 Å². The van der Waals surface area contributed by atoms with E-state index in [1.165, 1.54) is 37.4 Å². The molecule has 0 radical (unpaired) electrons. The van der Waals surface area contributed by atoms with Gasteiger partial charge in [-0.25, -0.2) is 4.79 Å². The van der Waals surface area contributed by atoms with E-state index in [2.05, 4.69) is 5.32 Å². The number of ketones is 2. The average Bonchev–Trinajstić information content (AvgIpc) is 3.02. The van der Waals surface area contributed by atoms with Gasteiger partial charge in [0.05, 0.1) is 12.7 Å². The number of hydrogen-bond donors (Lipinski definition) is 9. The van der Waals surface area contributed by atoms with Gasteiger partial charge in [-0.1, -0.05) is 18.2 Å². The van der Waals surface area contributed by atoms with Crippen molar-refractivity contribution in [2.24, 2.45) is 5.92 Å². The van der Waals surface area contributed by atoms with Crippen molar-refractivity contribution in [2.75, 3.05) is 20.2 Å². The second-order valence-corrected chi connectivity index (χ2v) is 11.4. The molecule has 2 aromatic rings. The third kappa shape index (κ3) is 6.77. The number of aliphatic hydroxyl groups excluding tert-OH is 3. The Bertz CT molecular complexity index is 1540. The van der Waals surface area contributed by atoms with Crippen molar-refractivity contribution >= 4 is 29.7 Å². The molecule has 0 bridgehead atoms. The fraction of sp³-hybridized carbons (Fsp3) is 0.406. The van der Waals surface area contributed by atoms with Crippen molar-refractivity contribution in [1.29, 1.82) is 0 Å². The molecule has 46 heavy (non-hydrogen) atoms. The number of carbonyl (C=O) groups is 3. The number of phenolic OH excluding ortho intramolecular Hbond substituents is 4. The second kappa shape index (κ2) is 14.0. The monoisotopic (exact) mass is 643 g/mol. The Labute approximate surface area is 263 Å². The number of aromatic hydroxyl groups is 4. The normalized spacial score (nSPS) is 27.9. The van der Waals surface area contributed by atoms with Crippen LogP contribution in [0, 0.1) is 5.92 Å². The number of carboxylic acid groups (broad SMARTS) is 1. The number of phenols is 4. The molecule has 248 valence electrons. The van der Waals surface area contributed by atoms with Gasteiger partial charge in [0.1, 0.15) is 24.4 Å². The van der Waals surface area contributed by atoms with Crippen LogP contribution in [-0.4, -0.2) is 108 Å². The van der Waals surface area contributed by atoms with Gasteiger partial charge in [-0.15, -0.1) is 0 Å². The lowest BCUT2D eigenvalue weighted by molar-refractivity contribution is -0.293. The number of rotatable bonds is 12. The number of likely N-dealkylation sites (N-methyl/N-ethyl adjacent to an activating group) is 1. The highest BCUT2D eigenvalue weighted by atomic mass is 16.6. The topological polar surface area (TPSA) is 244 Å². The van der Waals surface area contributed by atoms with E-state index < -0.39 is 89.9 Å². The lowest BCUT2D eigenvalue weighted by Gasteiger charge is -2.58. The minimum Gasteiger partial charge on any atom is -0.504 e. The maximum atomic E-state index is 13.3. The Kier molecular flexibility index (Phi) is 10.5. The van der Waals surface area contributed by atoms with Gasteiger partial charge >= 0.3 is 5.97 Å². The van der Waals surface area contributed by atoms with Gasteiger partial charge in [0.25, 0.3) is 0 Å². The summed E-state index contributed by atoms with van der Waals surface area (Å²) >= 11 is 0. The first kappa shape index (κ1) is 34.6. The Morgan fingerprint density at radius 1 is 0.978 bits per heavy atom. The molecule has 1 aliphatic heterocycles. The number of ether oxygens (including phenoxy) is 2. The van der Waals surface area contributed by atoms with Crippen LogP contribution in [0.3, 0.4) is 0 Å². The first-order chi connectivity index (χ1) is 21.8. The van der Waals surface area contributed by atoms with E-state index in [0.29, 0.717) is 5.56 Å². The maximum Gasteiger partial charge on any atom is 0.336 e. The number of aliphatic hydroxyl groups is 3. The molecule has 4 rings (SSSR count). The number of fused-ring (bicyclic) bond motifs is 1. The van der Waals surface area contributed by atoms with Crippen molar-refractivity contribution in [1.82, 2.24) is 5.32 Å². The molecule has 0 aromatic heterocycles. The van der Waals surface area contributed by atoms with Crippen molar-refractivity contribution in [2.45, 2.75) is 55.4 Å². The number of hydrogen-bond acceptors (Lipinski definition) is 13. The standard InChI is InChI=1S/C32H37NO13/c1-33-16-32-28(9-8-27(46-32)22(37)7-4-18-11-24(39)25(40)12-19(18)14-34)31(30(43)44,13-26(41)29(32)42)45-15-20(35)5-2-17-3-6-21(36)23(38)10-17/h2-7,10-12,26-29,33-34,36,38-42H,8-9,13-16H2,1H3,(H,43,44)/t26-,27-,28+,29-,31+,32-/m1/s1. The SMILES string of the molecule is CNC[C@@]12O[C@@H](C(=O)C=Cc3cc(O)c(O)cc3CO)CC[C@H]1[C@](OCC(=O)C=Cc1ccc(O)c(O)c1)(C(=O)O)C[C@@H](O)[C@H]2O. The Hall–Kier alpha value is -4.31. The third-order valence-electron chi connectivity index (χ3n) is 8.51. The average molecular weight is 644 g/mol. The number of carboxylic acids is 1. The maximum absolute atomic E-state index is 13.3. The minimum absolute atomic E-state index is 0.00755. The highest BCUT2D eigenvalue weighted by molar-refractivity contribution is 5.97. The van der Waals surface area contributed by atoms with E-state index in [9.17, 15) is 55.2 Å². The molecular formula is C32H37NO13. The first-order valence-corrected chi connectivity index (χ1v) is 14.4. The predicted molar refractivity (Wildman–Crippen MR) is 161 cm³/mol. The molecule has 0 spiro atoms. The van der Waals surface area contributed by atoms with Gasteiger partial charge in [0.15, 0.2) is 40.2 Å². The zero-order valence-electron chi connectivity index (χ0n) is 24.9. The smallest absolute Gasteiger partial charge is 0.336 e. The van der Waals surface area contributed by atoms with E-state index in [0.717, 1.165) is 24.3 Å². The number of benzene rings is 2. The summed E-state index contributed by atoms with van der Waals surface area (Å²) in [7, 11) is 1.51. The number of carbonyl (C=O) groups excluding carboxylic acids is 2. The summed E-state index contributed by atoms with van der Waals surface area (Å²) in [6.07, 6.45) is -0.231. The fourth-order valence-corrected chi connectivity index (χ4v) is 6.25. The van der Waals surface area contributed by atoms with Gasteiger partial charge in [-0.05, 0) is 73.0 Å². The summed E-state index contributed by atoms with van der Waals surface area (Å²) < 4.78 is 12.0. The summed E-state index contributed by atoms with van der Waals surface area (Å²) in [6.45, 7) is -1.41. The lowest BCUT2D eigenvalue weighted by atomic mass is 9.60. The summed E-state index contributed by atoms with van der Waals surface area (Å²) in [6, 6.07) is 6.20. The summed E-state index contributed by atoms with van der Waals surface area (Å²) in [5.74, 6) is -5.52. The summed E-state index contributed by atoms with van der Waals surface area (Å²) in [5.41, 5.74) is -3.18. The number of aliphatic carboxylic acids is 1.